The van der Waals surface area contributed by atoms with Gasteiger partial charge in [-0.1, -0.05) is 55.5 Å². The number of aliphatic hydroxyl groups excluding tert-OH is 1. The smallest absolute Gasteiger partial charge is 0.509 e. The van der Waals surface area contributed by atoms with E-state index < -0.39 is 17.9 Å². The molecule has 1 unspecified atom stereocenters. The molecule has 0 aliphatic carbocycles. The quantitative estimate of drug-likeness (QED) is 0.138. The summed E-state index contributed by atoms with van der Waals surface area (Å²) in [4.78, 5) is 31.9. The predicted octanol–water partition coefficient (Wildman–Crippen LogP) is -2.84. The van der Waals surface area contributed by atoms with E-state index in [4.69, 9.17) is 9.72 Å². The van der Waals surface area contributed by atoms with Crippen molar-refractivity contribution in [2.45, 2.75) is 39.3 Å². The zero-order valence-electron chi connectivity index (χ0n) is 23.6. The van der Waals surface area contributed by atoms with Crippen molar-refractivity contribution in [3.05, 3.63) is 82.6 Å². The van der Waals surface area contributed by atoms with Gasteiger partial charge in [-0.3, -0.25) is 4.79 Å². The van der Waals surface area contributed by atoms with Gasteiger partial charge in [0, 0.05) is 31.5 Å². The Bertz CT molecular complexity index is 1600. The van der Waals surface area contributed by atoms with Crippen molar-refractivity contribution in [3.63, 3.8) is 0 Å². The number of nitrogens with one attached hydrogen (secondary N) is 1. The molecule has 0 saturated carbocycles. The van der Waals surface area contributed by atoms with Gasteiger partial charge in [0.15, 0.2) is 5.57 Å². The van der Waals surface area contributed by atoms with Gasteiger partial charge in [-0.2, -0.15) is 5.21 Å². The number of H-pyrrole nitrogens is 1. The van der Waals surface area contributed by atoms with Gasteiger partial charge in [0.25, 0.3) is 5.91 Å². The van der Waals surface area contributed by atoms with E-state index >= 15 is 0 Å². The van der Waals surface area contributed by atoms with Crippen LogP contribution in [0.2, 0.25) is 0 Å². The summed E-state index contributed by atoms with van der Waals surface area (Å²) in [5.74, 6) is -0.181. The molecule has 2 aromatic heterocycles. The third-order valence-corrected chi connectivity index (χ3v) is 7.23. The van der Waals surface area contributed by atoms with Crippen LogP contribution in [-0.4, -0.2) is 65.2 Å². The summed E-state index contributed by atoms with van der Waals surface area (Å²) in [6, 6.07) is 15.3. The normalized spacial score (nSPS) is 15.6. The van der Waals surface area contributed by atoms with E-state index in [0.29, 0.717) is 31.8 Å². The molecule has 1 atom stereocenters. The maximum atomic E-state index is 13.1. The minimum Gasteiger partial charge on any atom is -0.509 e. The average molecular weight is 572 g/mol. The summed E-state index contributed by atoms with van der Waals surface area (Å²) in [6.45, 7) is 4.68. The first kappa shape index (κ1) is 31.1. The van der Waals surface area contributed by atoms with Crippen molar-refractivity contribution in [2.24, 2.45) is 0 Å². The Balaban J connectivity index is 0.00000194. The first-order valence-electron chi connectivity index (χ1n) is 12.9. The molecular weight excluding hydrogens is 544 g/mol. The minimum atomic E-state index is -0.797. The molecule has 11 nitrogen and oxygen atoms in total. The average Bonchev–Trinajstić information content (AvgIpc) is 3.67. The van der Waals surface area contributed by atoms with Crippen LogP contribution in [0.15, 0.2) is 59.9 Å². The molecule has 1 amide bonds. The molecular formula is C28H27N7Na2O4+2. The molecule has 4 aromatic rings. The third-order valence-electron chi connectivity index (χ3n) is 7.23. The summed E-state index contributed by atoms with van der Waals surface area (Å²) in [7, 11) is 0. The van der Waals surface area contributed by atoms with Gasteiger partial charge in [-0.05, 0) is 28.8 Å². The first-order valence-corrected chi connectivity index (χ1v) is 12.9. The number of imidazole rings is 1. The number of rotatable bonds is 7. The summed E-state index contributed by atoms with van der Waals surface area (Å²) in [5, 5.41) is 25.5. The molecule has 0 saturated heterocycles. The number of aryl methyl sites for hydroxylation is 1. The van der Waals surface area contributed by atoms with E-state index in [2.05, 4.69) is 25.2 Å². The van der Waals surface area contributed by atoms with Crippen molar-refractivity contribution >= 4 is 11.9 Å². The van der Waals surface area contributed by atoms with Gasteiger partial charge in [0.05, 0.1) is 18.0 Å². The Hall–Kier alpha value is -2.80. The number of fused-ring (bicyclic) bond motifs is 3. The second-order valence-electron chi connectivity index (χ2n) is 9.41. The summed E-state index contributed by atoms with van der Waals surface area (Å²) in [5.41, 5.74) is 5.20. The number of nitrogens with zero attached hydrogens (tertiary/aromatic N) is 6. The second kappa shape index (κ2) is 13.0. The third kappa shape index (κ3) is 5.54. The van der Waals surface area contributed by atoms with Crippen LogP contribution in [0.3, 0.4) is 0 Å². The molecule has 2 N–H and O–H groups in total. The molecule has 198 valence electrons. The second-order valence-corrected chi connectivity index (χ2v) is 9.41. The number of esters is 1. The fourth-order valence-electron chi connectivity index (χ4n) is 5.47. The van der Waals surface area contributed by atoms with Crippen LogP contribution in [-0.2, 0) is 33.7 Å². The zero-order chi connectivity index (χ0) is 27.1. The van der Waals surface area contributed by atoms with Gasteiger partial charge in [-0.15, -0.1) is 10.2 Å². The van der Waals surface area contributed by atoms with Gasteiger partial charge in [-0.25, -0.2) is 9.78 Å². The maximum absolute atomic E-state index is 13.1. The summed E-state index contributed by atoms with van der Waals surface area (Å²) in [6.07, 6.45) is 1.23. The first-order chi connectivity index (χ1) is 19.0. The van der Waals surface area contributed by atoms with Crippen molar-refractivity contribution in [2.75, 3.05) is 13.2 Å². The van der Waals surface area contributed by atoms with Crippen molar-refractivity contribution < 1.29 is 78.5 Å². The van der Waals surface area contributed by atoms with E-state index in [-0.39, 0.29) is 77.1 Å². The van der Waals surface area contributed by atoms with Gasteiger partial charge < -0.3 is 19.3 Å². The van der Waals surface area contributed by atoms with E-state index in [1.165, 1.54) is 0 Å². The van der Waals surface area contributed by atoms with Crippen LogP contribution in [0, 0.1) is 0 Å². The number of hydrogen-bond acceptors (Lipinski definition) is 8. The van der Waals surface area contributed by atoms with Crippen molar-refractivity contribution in [3.8, 4) is 22.5 Å². The molecule has 0 bridgehead atoms. The Labute approximate surface area is 281 Å². The Morgan fingerprint density at radius 1 is 1.10 bits per heavy atom. The standard InChI is InChI=1S/C28H27N7O4.2Na/c1-3-21-29-20-13-14-34-24(25(36)22(27(34)37)28(38)39-4-2)23(20)35(21)15-16-9-11-17(12-10-16)18-7-5-6-8-19(18)26-30-32-33-31-26;;/h5-12,24,36H,3-4,13-15H2,1-2H3,(H,30,31,32,33);;/q;2*+1. The number of carbonyl (C=O) groups excluding carboxylic acids is 2. The van der Waals surface area contributed by atoms with E-state index in [9.17, 15) is 14.7 Å². The van der Waals surface area contributed by atoms with Gasteiger partial charge in [0.1, 0.15) is 17.6 Å². The van der Waals surface area contributed by atoms with Crippen LogP contribution in [0.25, 0.3) is 22.5 Å². The number of carbonyl (C=O) groups is 2. The number of tetrazole rings is 1. The molecule has 0 fully saturated rings. The Morgan fingerprint density at radius 2 is 1.83 bits per heavy atom. The molecule has 4 heterocycles. The number of ether oxygens (including phenoxy) is 1. The Kier molecular flexibility index (Phi) is 9.89. The molecule has 2 aromatic carbocycles. The fourth-order valence-corrected chi connectivity index (χ4v) is 5.47. The predicted molar refractivity (Wildman–Crippen MR) is 140 cm³/mol. The van der Waals surface area contributed by atoms with E-state index in [1.54, 1.807) is 11.8 Å². The zero-order valence-corrected chi connectivity index (χ0v) is 27.6. The number of hydrogen-bond donors (Lipinski definition) is 2. The van der Waals surface area contributed by atoms with Crippen LogP contribution in [0.5, 0.6) is 0 Å². The molecule has 13 heteroatoms. The van der Waals surface area contributed by atoms with Gasteiger partial charge in [0.2, 0.25) is 5.82 Å². The minimum absolute atomic E-state index is 0. The molecule has 6 rings (SSSR count). The number of aromatic amines is 1. The molecule has 2 aliphatic heterocycles. The number of amides is 1. The largest absolute Gasteiger partial charge is 1.00 e. The summed E-state index contributed by atoms with van der Waals surface area (Å²) >= 11 is 0. The van der Waals surface area contributed by atoms with Crippen LogP contribution in [0.4, 0.5) is 0 Å². The Morgan fingerprint density at radius 3 is 2.49 bits per heavy atom. The molecule has 2 aliphatic rings. The monoisotopic (exact) mass is 571 g/mol. The fraction of sp³-hybridized carbons (Fsp3) is 0.286. The van der Waals surface area contributed by atoms with Crippen molar-refractivity contribution in [1.82, 2.24) is 35.1 Å². The topological polar surface area (TPSA) is 139 Å². The molecule has 41 heavy (non-hydrogen) atoms. The number of aliphatic hydroxyl groups is 1. The van der Waals surface area contributed by atoms with Crippen LogP contribution < -0.4 is 59.1 Å². The maximum Gasteiger partial charge on any atom is 1.00 e. The van der Waals surface area contributed by atoms with Crippen molar-refractivity contribution in [1.29, 1.82) is 0 Å². The molecule has 0 radical (unpaired) electrons. The van der Waals surface area contributed by atoms with E-state index in [0.717, 1.165) is 39.5 Å². The number of benzene rings is 2. The van der Waals surface area contributed by atoms with E-state index in [1.807, 2.05) is 55.5 Å². The SMILES string of the molecule is CCOC(=O)C1=C(O)C2c3c(nc(CC)n3Cc3ccc(-c4ccccc4-c4nn[nH]n4)cc3)CCN2C1=O.[Na+].[Na+]. The van der Waals surface area contributed by atoms with Crippen LogP contribution >= 0.6 is 0 Å². The van der Waals surface area contributed by atoms with Gasteiger partial charge >= 0.3 is 65.1 Å². The number of aromatic nitrogens is 6. The van der Waals surface area contributed by atoms with Crippen LogP contribution in [0.1, 0.15) is 42.7 Å². The summed E-state index contributed by atoms with van der Waals surface area (Å²) < 4.78 is 7.11. The molecule has 0 spiro atoms.